The van der Waals surface area contributed by atoms with Crippen LogP contribution in [0.3, 0.4) is 0 Å². The van der Waals surface area contributed by atoms with Crippen molar-refractivity contribution < 1.29 is 4.79 Å². The van der Waals surface area contributed by atoms with Gasteiger partial charge in [-0.15, -0.1) is 0 Å². The van der Waals surface area contributed by atoms with Crippen LogP contribution in [0, 0.1) is 0 Å². The van der Waals surface area contributed by atoms with Crippen LogP contribution in [0.2, 0.25) is 0 Å². The SMILES string of the molecule is NC(=O)c1n[nH]c2cccc(-c3ccc(C4=CCCCC4)cc3)c12. The molecule has 4 nitrogen and oxygen atoms in total. The van der Waals surface area contributed by atoms with Gasteiger partial charge in [0.2, 0.25) is 0 Å². The van der Waals surface area contributed by atoms with E-state index in [4.69, 9.17) is 5.73 Å². The number of allylic oxidation sites excluding steroid dienone is 2. The number of benzene rings is 2. The van der Waals surface area contributed by atoms with Crippen LogP contribution < -0.4 is 5.73 Å². The molecule has 2 aromatic carbocycles. The smallest absolute Gasteiger partial charge is 0.269 e. The Balaban J connectivity index is 1.79. The summed E-state index contributed by atoms with van der Waals surface area (Å²) < 4.78 is 0. The van der Waals surface area contributed by atoms with E-state index >= 15 is 0 Å². The summed E-state index contributed by atoms with van der Waals surface area (Å²) in [6, 6.07) is 14.4. The number of nitrogens with one attached hydrogen (secondary N) is 1. The van der Waals surface area contributed by atoms with E-state index in [1.54, 1.807) is 0 Å². The number of hydrogen-bond donors (Lipinski definition) is 2. The molecule has 3 N–H and O–H groups in total. The number of hydrogen-bond acceptors (Lipinski definition) is 2. The van der Waals surface area contributed by atoms with Crippen LogP contribution in [-0.2, 0) is 0 Å². The lowest BCUT2D eigenvalue weighted by atomic mass is 9.92. The Morgan fingerprint density at radius 1 is 1.04 bits per heavy atom. The highest BCUT2D eigenvalue weighted by Crippen LogP contribution is 2.32. The average Bonchev–Trinajstić information content (AvgIpc) is 3.07. The van der Waals surface area contributed by atoms with Crippen molar-refractivity contribution in [1.82, 2.24) is 10.2 Å². The van der Waals surface area contributed by atoms with Crippen LogP contribution in [0.4, 0.5) is 0 Å². The first-order valence-corrected chi connectivity index (χ1v) is 8.31. The van der Waals surface area contributed by atoms with E-state index in [-0.39, 0.29) is 0 Å². The van der Waals surface area contributed by atoms with Gasteiger partial charge in [0, 0.05) is 5.39 Å². The molecule has 1 aliphatic carbocycles. The summed E-state index contributed by atoms with van der Waals surface area (Å²) in [5, 5.41) is 7.73. The Hall–Kier alpha value is -2.88. The van der Waals surface area contributed by atoms with Crippen molar-refractivity contribution in [2.45, 2.75) is 25.7 Å². The number of amides is 1. The van der Waals surface area contributed by atoms with E-state index in [1.807, 2.05) is 18.2 Å². The molecule has 1 heterocycles. The topological polar surface area (TPSA) is 71.8 Å². The maximum atomic E-state index is 11.7. The van der Waals surface area contributed by atoms with Gasteiger partial charge in [-0.2, -0.15) is 5.10 Å². The molecule has 0 bridgehead atoms. The molecule has 0 spiro atoms. The second-order valence-electron chi connectivity index (χ2n) is 6.22. The number of aromatic amines is 1. The third-order valence-electron chi connectivity index (χ3n) is 4.68. The first-order chi connectivity index (χ1) is 11.7. The van der Waals surface area contributed by atoms with E-state index in [0.717, 1.165) is 28.5 Å². The molecule has 4 heteroatoms. The molecule has 0 saturated carbocycles. The van der Waals surface area contributed by atoms with Gasteiger partial charge in [-0.1, -0.05) is 42.5 Å². The van der Waals surface area contributed by atoms with Crippen LogP contribution in [0.5, 0.6) is 0 Å². The average molecular weight is 317 g/mol. The van der Waals surface area contributed by atoms with Crippen molar-refractivity contribution in [1.29, 1.82) is 0 Å². The summed E-state index contributed by atoms with van der Waals surface area (Å²) in [6.45, 7) is 0. The van der Waals surface area contributed by atoms with Gasteiger partial charge in [-0.3, -0.25) is 9.89 Å². The number of rotatable bonds is 3. The summed E-state index contributed by atoms with van der Waals surface area (Å²) in [4.78, 5) is 11.7. The van der Waals surface area contributed by atoms with Crippen LogP contribution in [0.25, 0.3) is 27.6 Å². The zero-order valence-corrected chi connectivity index (χ0v) is 13.4. The first kappa shape index (κ1) is 14.7. The van der Waals surface area contributed by atoms with Gasteiger partial charge in [-0.05, 0) is 54.0 Å². The van der Waals surface area contributed by atoms with E-state index in [1.165, 1.54) is 30.4 Å². The van der Waals surface area contributed by atoms with Gasteiger partial charge in [0.15, 0.2) is 5.69 Å². The molecule has 0 radical (unpaired) electrons. The molecule has 120 valence electrons. The van der Waals surface area contributed by atoms with E-state index in [0.29, 0.717) is 5.69 Å². The fourth-order valence-corrected chi connectivity index (χ4v) is 3.46. The third-order valence-corrected chi connectivity index (χ3v) is 4.68. The van der Waals surface area contributed by atoms with Crippen molar-refractivity contribution in [2.24, 2.45) is 5.73 Å². The lowest BCUT2D eigenvalue weighted by Crippen LogP contribution is -2.12. The molecule has 1 aromatic heterocycles. The van der Waals surface area contributed by atoms with Gasteiger partial charge in [-0.25, -0.2) is 0 Å². The maximum absolute atomic E-state index is 11.7. The Morgan fingerprint density at radius 2 is 1.83 bits per heavy atom. The number of carbonyl (C=O) groups excluding carboxylic acids is 1. The highest BCUT2D eigenvalue weighted by molar-refractivity contribution is 6.09. The predicted molar refractivity (Wildman–Crippen MR) is 96.5 cm³/mol. The van der Waals surface area contributed by atoms with Gasteiger partial charge >= 0.3 is 0 Å². The molecular formula is C20H19N3O. The number of nitrogens with zero attached hydrogens (tertiary/aromatic N) is 1. The summed E-state index contributed by atoms with van der Waals surface area (Å²) in [5.41, 5.74) is 11.3. The third kappa shape index (κ3) is 2.50. The summed E-state index contributed by atoms with van der Waals surface area (Å²) >= 11 is 0. The number of aromatic nitrogens is 2. The van der Waals surface area contributed by atoms with Crippen molar-refractivity contribution in [2.75, 3.05) is 0 Å². The predicted octanol–water partition coefficient (Wildman–Crippen LogP) is 4.29. The first-order valence-electron chi connectivity index (χ1n) is 8.31. The lowest BCUT2D eigenvalue weighted by molar-refractivity contribution is 0.0997. The Kier molecular flexibility index (Phi) is 3.65. The second-order valence-corrected chi connectivity index (χ2v) is 6.22. The molecule has 1 amide bonds. The minimum Gasteiger partial charge on any atom is -0.364 e. The zero-order chi connectivity index (χ0) is 16.5. The van der Waals surface area contributed by atoms with Crippen molar-refractivity contribution in [3.63, 3.8) is 0 Å². The zero-order valence-electron chi connectivity index (χ0n) is 13.4. The molecule has 4 rings (SSSR count). The quantitative estimate of drug-likeness (QED) is 0.756. The number of carbonyl (C=O) groups is 1. The molecule has 0 aliphatic heterocycles. The van der Waals surface area contributed by atoms with Gasteiger partial charge in [0.05, 0.1) is 5.52 Å². The Morgan fingerprint density at radius 3 is 2.54 bits per heavy atom. The summed E-state index contributed by atoms with van der Waals surface area (Å²) in [6.07, 6.45) is 7.24. The molecule has 1 aliphatic rings. The molecule has 0 fully saturated rings. The van der Waals surface area contributed by atoms with E-state index in [9.17, 15) is 4.79 Å². The van der Waals surface area contributed by atoms with Gasteiger partial charge in [0.25, 0.3) is 5.91 Å². The standard InChI is InChI=1S/C20H19N3O/c21-20(24)19-18-16(7-4-8-17(18)22-23-19)15-11-9-14(10-12-15)13-5-2-1-3-6-13/h4-5,7-12H,1-3,6H2,(H2,21,24)(H,22,23). The Labute approximate surface area is 140 Å². The van der Waals surface area contributed by atoms with Gasteiger partial charge < -0.3 is 5.73 Å². The minimum atomic E-state index is -0.516. The van der Waals surface area contributed by atoms with E-state index in [2.05, 4.69) is 40.5 Å². The monoisotopic (exact) mass is 317 g/mol. The van der Waals surface area contributed by atoms with Crippen LogP contribution >= 0.6 is 0 Å². The summed E-state index contributed by atoms with van der Waals surface area (Å²) in [7, 11) is 0. The van der Waals surface area contributed by atoms with Crippen LogP contribution in [0.15, 0.2) is 48.5 Å². The summed E-state index contributed by atoms with van der Waals surface area (Å²) in [5.74, 6) is -0.516. The Bertz CT molecular complexity index is 935. The largest absolute Gasteiger partial charge is 0.364 e. The fourth-order valence-electron chi connectivity index (χ4n) is 3.46. The lowest BCUT2D eigenvalue weighted by Gasteiger charge is -2.13. The van der Waals surface area contributed by atoms with Crippen LogP contribution in [0.1, 0.15) is 41.7 Å². The molecule has 24 heavy (non-hydrogen) atoms. The fraction of sp³-hybridized carbons (Fsp3) is 0.200. The van der Waals surface area contributed by atoms with Crippen molar-refractivity contribution >= 4 is 22.4 Å². The van der Waals surface area contributed by atoms with Gasteiger partial charge in [0.1, 0.15) is 0 Å². The normalized spacial score (nSPS) is 14.6. The highest BCUT2D eigenvalue weighted by atomic mass is 16.1. The number of fused-ring (bicyclic) bond motifs is 1. The maximum Gasteiger partial charge on any atom is 0.269 e. The molecule has 0 saturated heterocycles. The second kappa shape index (κ2) is 5.96. The number of primary amides is 1. The van der Waals surface area contributed by atoms with E-state index < -0.39 is 5.91 Å². The molecule has 3 aromatic rings. The minimum absolute atomic E-state index is 0.291. The van der Waals surface area contributed by atoms with Crippen LogP contribution in [-0.4, -0.2) is 16.1 Å². The highest BCUT2D eigenvalue weighted by Gasteiger charge is 2.15. The molecule has 0 atom stereocenters. The van der Waals surface area contributed by atoms with Crippen molar-refractivity contribution in [3.05, 3.63) is 59.8 Å². The number of nitrogens with two attached hydrogens (primary N) is 1. The molecular weight excluding hydrogens is 298 g/mol. The number of H-pyrrole nitrogens is 1. The van der Waals surface area contributed by atoms with Crippen molar-refractivity contribution in [3.8, 4) is 11.1 Å². The molecule has 0 unspecified atom stereocenters.